The van der Waals surface area contributed by atoms with Crippen molar-refractivity contribution in [3.8, 4) is 17.2 Å². The van der Waals surface area contributed by atoms with Gasteiger partial charge in [0, 0.05) is 10.0 Å². The Balaban J connectivity index is 1.85. The molecular formula is C18H14BrClN4O3. The summed E-state index contributed by atoms with van der Waals surface area (Å²) in [7, 11) is 1.45. The van der Waals surface area contributed by atoms with Crippen molar-refractivity contribution < 1.29 is 9.84 Å². The summed E-state index contributed by atoms with van der Waals surface area (Å²) in [5.74, 6) is 0.242. The van der Waals surface area contributed by atoms with Gasteiger partial charge in [-0.1, -0.05) is 45.7 Å². The third kappa shape index (κ3) is 4.12. The molecule has 9 heteroatoms. The number of rotatable bonds is 5. The van der Waals surface area contributed by atoms with E-state index >= 15 is 0 Å². The largest absolute Gasteiger partial charge is 0.504 e. The summed E-state index contributed by atoms with van der Waals surface area (Å²) in [6.07, 6.45) is 2.77. The monoisotopic (exact) mass is 448 g/mol. The van der Waals surface area contributed by atoms with Crippen LogP contribution < -0.4 is 15.7 Å². The Labute approximate surface area is 168 Å². The molecule has 1 heterocycles. The lowest BCUT2D eigenvalue weighted by atomic mass is 10.2. The number of aromatic hydroxyl groups is 1. The van der Waals surface area contributed by atoms with E-state index in [0.717, 1.165) is 0 Å². The number of phenolic OH excluding ortho intramolecular Hbond substituents is 1. The summed E-state index contributed by atoms with van der Waals surface area (Å²) >= 11 is 9.48. The van der Waals surface area contributed by atoms with Crippen molar-refractivity contribution in [2.75, 3.05) is 12.5 Å². The zero-order valence-electron chi connectivity index (χ0n) is 14.1. The fraction of sp³-hybridized carbons (Fsp3) is 0.0556. The summed E-state index contributed by atoms with van der Waals surface area (Å²) in [6, 6.07) is 12.2. The number of nitrogens with one attached hydrogen (secondary N) is 1. The Bertz CT molecular complexity index is 1050. The molecule has 138 valence electrons. The quantitative estimate of drug-likeness (QED) is 0.457. The number of anilines is 1. The normalized spacial score (nSPS) is 10.9. The van der Waals surface area contributed by atoms with Crippen LogP contribution in [0.5, 0.6) is 11.5 Å². The van der Waals surface area contributed by atoms with E-state index in [0.29, 0.717) is 21.5 Å². The predicted octanol–water partition coefficient (Wildman–Crippen LogP) is 3.81. The molecule has 0 atom stereocenters. The van der Waals surface area contributed by atoms with Gasteiger partial charge in [-0.2, -0.15) is 14.9 Å². The summed E-state index contributed by atoms with van der Waals surface area (Å²) < 4.78 is 6.99. The maximum atomic E-state index is 12.4. The van der Waals surface area contributed by atoms with Crippen LogP contribution >= 0.6 is 27.5 Å². The molecule has 0 spiro atoms. The van der Waals surface area contributed by atoms with Gasteiger partial charge in [0.15, 0.2) is 11.5 Å². The first-order valence-electron chi connectivity index (χ1n) is 7.70. The van der Waals surface area contributed by atoms with E-state index < -0.39 is 5.56 Å². The molecule has 0 fully saturated rings. The first-order valence-corrected chi connectivity index (χ1v) is 8.87. The van der Waals surface area contributed by atoms with Crippen molar-refractivity contribution in [3.63, 3.8) is 0 Å². The Morgan fingerprint density at radius 1 is 1.33 bits per heavy atom. The lowest BCUT2D eigenvalue weighted by Gasteiger charge is -2.08. The van der Waals surface area contributed by atoms with E-state index in [1.54, 1.807) is 36.4 Å². The standard InChI is InChI=1S/C18H14BrClN4O3/c1-27-15-8-12(19)7-11(17(15)25)9-21-23-14-10-22-24(18(26)16(14)20)13-5-3-2-4-6-13/h2-10,23,25H,1H3/b21-9-. The van der Waals surface area contributed by atoms with Gasteiger partial charge in [0.25, 0.3) is 5.56 Å². The van der Waals surface area contributed by atoms with E-state index in [-0.39, 0.29) is 16.5 Å². The van der Waals surface area contributed by atoms with E-state index in [9.17, 15) is 9.90 Å². The highest BCUT2D eigenvalue weighted by molar-refractivity contribution is 9.10. The molecule has 0 bridgehead atoms. The number of halogens is 2. The Kier molecular flexibility index (Phi) is 5.78. The van der Waals surface area contributed by atoms with Gasteiger partial charge in [0.2, 0.25) is 0 Å². The summed E-state index contributed by atoms with van der Waals surface area (Å²) in [5, 5.41) is 18.2. The van der Waals surface area contributed by atoms with E-state index in [1.165, 1.54) is 24.2 Å². The highest BCUT2D eigenvalue weighted by atomic mass is 79.9. The van der Waals surface area contributed by atoms with Crippen molar-refractivity contribution in [3.05, 3.63) is 74.1 Å². The van der Waals surface area contributed by atoms with Crippen LogP contribution in [0.2, 0.25) is 5.02 Å². The Hall–Kier alpha value is -2.84. The molecule has 2 aromatic carbocycles. The molecule has 0 radical (unpaired) electrons. The topological polar surface area (TPSA) is 88.7 Å². The number of nitrogens with zero attached hydrogens (tertiary/aromatic N) is 3. The van der Waals surface area contributed by atoms with Crippen molar-refractivity contribution in [2.45, 2.75) is 0 Å². The number of aromatic nitrogens is 2. The zero-order valence-corrected chi connectivity index (χ0v) is 16.4. The molecule has 3 rings (SSSR count). The highest BCUT2D eigenvalue weighted by Gasteiger charge is 2.11. The van der Waals surface area contributed by atoms with Gasteiger partial charge >= 0.3 is 0 Å². The van der Waals surface area contributed by atoms with Gasteiger partial charge in [0.1, 0.15) is 10.7 Å². The van der Waals surface area contributed by atoms with Crippen LogP contribution in [-0.2, 0) is 0 Å². The molecule has 27 heavy (non-hydrogen) atoms. The second-order valence-electron chi connectivity index (χ2n) is 5.34. The number of benzene rings is 2. The highest BCUT2D eigenvalue weighted by Crippen LogP contribution is 2.32. The predicted molar refractivity (Wildman–Crippen MR) is 108 cm³/mol. The zero-order chi connectivity index (χ0) is 19.4. The van der Waals surface area contributed by atoms with Crippen LogP contribution in [0.3, 0.4) is 0 Å². The van der Waals surface area contributed by atoms with Gasteiger partial charge in [-0.05, 0) is 24.3 Å². The Morgan fingerprint density at radius 3 is 2.78 bits per heavy atom. The molecule has 0 saturated heterocycles. The van der Waals surface area contributed by atoms with Crippen molar-refractivity contribution >= 4 is 39.4 Å². The van der Waals surface area contributed by atoms with Crippen LogP contribution in [0, 0.1) is 0 Å². The van der Waals surface area contributed by atoms with Crippen molar-refractivity contribution in [2.24, 2.45) is 5.10 Å². The smallest absolute Gasteiger partial charge is 0.292 e. The number of ether oxygens (including phenoxy) is 1. The number of methoxy groups -OCH3 is 1. The van der Waals surface area contributed by atoms with Crippen LogP contribution in [0.15, 0.2) is 63.0 Å². The summed E-state index contributed by atoms with van der Waals surface area (Å²) in [4.78, 5) is 12.4. The van der Waals surface area contributed by atoms with E-state index in [1.807, 2.05) is 6.07 Å². The molecule has 1 aromatic heterocycles. The minimum Gasteiger partial charge on any atom is -0.504 e. The minimum atomic E-state index is -0.477. The molecule has 0 saturated carbocycles. The number of hydrogen-bond donors (Lipinski definition) is 2. The fourth-order valence-corrected chi connectivity index (χ4v) is 2.91. The second kappa shape index (κ2) is 8.24. The Morgan fingerprint density at radius 2 is 2.07 bits per heavy atom. The number of para-hydroxylation sites is 1. The molecule has 0 aliphatic heterocycles. The van der Waals surface area contributed by atoms with Gasteiger partial charge in [0.05, 0.1) is 25.2 Å². The summed E-state index contributed by atoms with van der Waals surface area (Å²) in [6.45, 7) is 0. The third-order valence-corrected chi connectivity index (χ3v) is 4.42. The molecule has 0 unspecified atom stereocenters. The van der Waals surface area contributed by atoms with Gasteiger partial charge in [-0.25, -0.2) is 0 Å². The van der Waals surface area contributed by atoms with Gasteiger partial charge < -0.3 is 9.84 Å². The van der Waals surface area contributed by atoms with E-state index in [4.69, 9.17) is 16.3 Å². The van der Waals surface area contributed by atoms with Crippen LogP contribution in [0.25, 0.3) is 5.69 Å². The lowest BCUT2D eigenvalue weighted by molar-refractivity contribution is 0.373. The molecule has 0 amide bonds. The van der Waals surface area contributed by atoms with Crippen molar-refractivity contribution in [1.82, 2.24) is 9.78 Å². The van der Waals surface area contributed by atoms with E-state index in [2.05, 4.69) is 31.6 Å². The molecule has 2 N–H and O–H groups in total. The first kappa shape index (κ1) is 18.9. The third-order valence-electron chi connectivity index (χ3n) is 3.60. The first-order chi connectivity index (χ1) is 13.0. The van der Waals surface area contributed by atoms with Crippen molar-refractivity contribution in [1.29, 1.82) is 0 Å². The maximum absolute atomic E-state index is 12.4. The molecular weight excluding hydrogens is 436 g/mol. The van der Waals surface area contributed by atoms with Gasteiger partial charge in [-0.15, -0.1) is 0 Å². The average molecular weight is 450 g/mol. The fourth-order valence-electron chi connectivity index (χ4n) is 2.28. The van der Waals surface area contributed by atoms with Crippen LogP contribution in [0.4, 0.5) is 5.69 Å². The SMILES string of the molecule is COc1cc(Br)cc(/C=N\Nc2cnn(-c3ccccc3)c(=O)c2Cl)c1O. The van der Waals surface area contributed by atoms with Crippen LogP contribution in [0.1, 0.15) is 5.56 Å². The molecule has 7 nitrogen and oxygen atoms in total. The maximum Gasteiger partial charge on any atom is 0.292 e. The van der Waals surface area contributed by atoms with Gasteiger partial charge in [-0.3, -0.25) is 10.2 Å². The molecule has 0 aliphatic carbocycles. The number of hydrazone groups is 1. The summed E-state index contributed by atoms with van der Waals surface area (Å²) in [5.41, 5.74) is 3.44. The number of hydrogen-bond acceptors (Lipinski definition) is 6. The average Bonchev–Trinajstić information content (AvgIpc) is 2.68. The minimum absolute atomic E-state index is 0.0537. The lowest BCUT2D eigenvalue weighted by Crippen LogP contribution is -2.22. The molecule has 0 aliphatic rings. The van der Waals surface area contributed by atoms with Crippen LogP contribution in [-0.4, -0.2) is 28.2 Å². The second-order valence-corrected chi connectivity index (χ2v) is 6.63. The molecule has 3 aromatic rings. The number of phenols is 1.